The molecule has 2 N–H and O–H groups in total. The van der Waals surface area contributed by atoms with Crippen LogP contribution in [0.3, 0.4) is 0 Å². The molecule has 0 fully saturated rings. The average Bonchev–Trinajstić information content (AvgIpc) is 2.42. The molecule has 2 heterocycles. The first-order chi connectivity index (χ1) is 9.76. The minimum absolute atomic E-state index is 0.263. The molecule has 1 aromatic rings. The molecule has 0 unspecified atom stereocenters. The maximum atomic E-state index is 12.2. The highest BCUT2D eigenvalue weighted by molar-refractivity contribution is 5.86. The number of nitrogens with zero attached hydrogens (tertiary/aromatic N) is 2. The monoisotopic (exact) mass is 291 g/mol. The molecule has 0 bridgehead atoms. The van der Waals surface area contributed by atoms with E-state index in [0.29, 0.717) is 12.1 Å². The van der Waals surface area contributed by atoms with Crippen molar-refractivity contribution in [3.8, 4) is 0 Å². The summed E-state index contributed by atoms with van der Waals surface area (Å²) in [6, 6.07) is 5.10. The predicted octanol–water partition coefficient (Wildman–Crippen LogP) is 2.28. The second-order valence-corrected chi connectivity index (χ2v) is 6.31. The van der Waals surface area contributed by atoms with E-state index in [1.165, 1.54) is 0 Å². The molecule has 0 atom stereocenters. The third kappa shape index (κ3) is 3.22. The van der Waals surface area contributed by atoms with Crippen LogP contribution in [0, 0.1) is 0 Å². The molecular weight excluding hydrogens is 270 g/mol. The molecule has 114 valence electrons. The van der Waals surface area contributed by atoms with Crippen LogP contribution in [0.15, 0.2) is 36.2 Å². The Morgan fingerprint density at radius 3 is 2.62 bits per heavy atom. The van der Waals surface area contributed by atoms with Crippen LogP contribution in [0.4, 0.5) is 0 Å². The predicted molar refractivity (Wildman–Crippen MR) is 77.3 cm³/mol. The topological polar surface area (TPSA) is 74.7 Å². The highest BCUT2D eigenvalue weighted by Gasteiger charge is 2.44. The molecule has 0 radical (unpaired) electrons. The van der Waals surface area contributed by atoms with Crippen molar-refractivity contribution in [3.63, 3.8) is 0 Å². The van der Waals surface area contributed by atoms with Crippen LogP contribution in [0.1, 0.15) is 44.6 Å². The van der Waals surface area contributed by atoms with E-state index in [4.69, 9.17) is 10.0 Å². The number of hydroxylamine groups is 3. The minimum Gasteiger partial charge on any atom is -0.361 e. The van der Waals surface area contributed by atoms with Crippen molar-refractivity contribution in [2.75, 3.05) is 0 Å². The molecule has 1 aliphatic rings. The minimum atomic E-state index is -0.558. The number of aromatic nitrogens is 1. The van der Waals surface area contributed by atoms with Gasteiger partial charge >= 0.3 is 5.97 Å². The Labute approximate surface area is 124 Å². The molecule has 1 aliphatic heterocycles. The van der Waals surface area contributed by atoms with Crippen LogP contribution in [-0.2, 0) is 4.84 Å². The third-order valence-corrected chi connectivity index (χ3v) is 3.42. The summed E-state index contributed by atoms with van der Waals surface area (Å²) in [5.41, 5.74) is 2.15. The number of hydrogen-bond donors (Lipinski definition) is 2. The molecule has 0 spiro atoms. The van der Waals surface area contributed by atoms with E-state index in [2.05, 4.69) is 10.5 Å². The Morgan fingerprint density at radius 2 is 2.10 bits per heavy atom. The summed E-state index contributed by atoms with van der Waals surface area (Å²) < 4.78 is 0. The zero-order chi connectivity index (χ0) is 15.7. The molecule has 0 amide bonds. The van der Waals surface area contributed by atoms with E-state index < -0.39 is 17.0 Å². The zero-order valence-corrected chi connectivity index (χ0v) is 12.8. The lowest BCUT2D eigenvalue weighted by atomic mass is 9.86. The molecule has 6 nitrogen and oxygen atoms in total. The van der Waals surface area contributed by atoms with Crippen molar-refractivity contribution in [2.24, 2.45) is 0 Å². The van der Waals surface area contributed by atoms with Gasteiger partial charge in [0.25, 0.3) is 0 Å². The number of hydrogen-bond acceptors (Lipinski definition) is 6. The summed E-state index contributed by atoms with van der Waals surface area (Å²) in [5.74, 6) is -0.495. The van der Waals surface area contributed by atoms with Crippen molar-refractivity contribution in [3.05, 3.63) is 41.9 Å². The van der Waals surface area contributed by atoms with E-state index in [1.54, 1.807) is 29.5 Å². The van der Waals surface area contributed by atoms with Gasteiger partial charge in [0.2, 0.25) is 0 Å². The normalized spacial score (nSPS) is 20.5. The van der Waals surface area contributed by atoms with Crippen molar-refractivity contribution in [2.45, 2.75) is 45.2 Å². The van der Waals surface area contributed by atoms with E-state index >= 15 is 0 Å². The maximum Gasteiger partial charge on any atom is 0.375 e. The highest BCUT2D eigenvalue weighted by atomic mass is 16.7. The van der Waals surface area contributed by atoms with Gasteiger partial charge in [-0.25, -0.2) is 9.78 Å². The van der Waals surface area contributed by atoms with Gasteiger partial charge in [0.1, 0.15) is 5.69 Å². The van der Waals surface area contributed by atoms with Crippen LogP contribution >= 0.6 is 0 Å². The Balaban J connectivity index is 2.26. The van der Waals surface area contributed by atoms with Gasteiger partial charge in [-0.05, 0) is 45.9 Å². The second-order valence-electron chi connectivity index (χ2n) is 6.31. The highest BCUT2D eigenvalue weighted by Crippen LogP contribution is 2.36. The summed E-state index contributed by atoms with van der Waals surface area (Å²) in [4.78, 5) is 21.8. The number of carbonyl (C=O) groups excluding carboxylic acids is 1. The molecule has 0 aliphatic carbocycles. The van der Waals surface area contributed by atoms with E-state index in [9.17, 15) is 4.79 Å². The Hall–Kier alpha value is -1.92. The summed E-state index contributed by atoms with van der Waals surface area (Å²) >= 11 is 0. The van der Waals surface area contributed by atoms with Gasteiger partial charge in [-0.3, -0.25) is 10.7 Å². The number of pyridine rings is 1. The molecule has 0 aromatic carbocycles. The van der Waals surface area contributed by atoms with Gasteiger partial charge < -0.3 is 4.84 Å². The van der Waals surface area contributed by atoms with Crippen LogP contribution in [0.2, 0.25) is 0 Å². The van der Waals surface area contributed by atoms with Gasteiger partial charge in [-0.2, -0.15) is 0 Å². The first-order valence-corrected chi connectivity index (χ1v) is 6.82. The van der Waals surface area contributed by atoms with Crippen molar-refractivity contribution < 1.29 is 14.8 Å². The Morgan fingerprint density at radius 1 is 1.38 bits per heavy atom. The molecule has 1 aromatic heterocycles. The fourth-order valence-electron chi connectivity index (χ4n) is 2.78. The Kier molecular flexibility index (Phi) is 4.02. The average molecular weight is 291 g/mol. The van der Waals surface area contributed by atoms with Crippen molar-refractivity contribution >= 4 is 5.97 Å². The molecular formula is C15H21N3O3. The van der Waals surface area contributed by atoms with E-state index in [-0.39, 0.29) is 5.69 Å². The SMILES string of the molecule is CC1(C)C=C(NO)CC(C)(C)N1OC(=O)c1ccccn1. The number of carbonyl (C=O) groups is 1. The Bertz CT molecular complexity index is 553. The molecule has 21 heavy (non-hydrogen) atoms. The first kappa shape index (κ1) is 15.5. The lowest BCUT2D eigenvalue weighted by Crippen LogP contribution is -2.58. The van der Waals surface area contributed by atoms with Gasteiger partial charge in [0, 0.05) is 18.3 Å². The lowest BCUT2D eigenvalue weighted by molar-refractivity contribution is -0.216. The molecule has 0 saturated carbocycles. The van der Waals surface area contributed by atoms with Gasteiger partial charge in [0.15, 0.2) is 0 Å². The summed E-state index contributed by atoms with van der Waals surface area (Å²) in [5, 5.41) is 10.8. The standard InChI is InChI=1S/C15H21N3O3/c1-14(2)9-11(17-20)10-15(3,4)18(14)21-13(19)12-7-5-6-8-16-12/h5-9,17,20H,10H2,1-4H3. The summed E-state index contributed by atoms with van der Waals surface area (Å²) in [6.07, 6.45) is 3.92. The van der Waals surface area contributed by atoms with Crippen LogP contribution in [0.5, 0.6) is 0 Å². The summed E-state index contributed by atoms with van der Waals surface area (Å²) in [7, 11) is 0. The van der Waals surface area contributed by atoms with Crippen LogP contribution < -0.4 is 5.48 Å². The lowest BCUT2D eigenvalue weighted by Gasteiger charge is -2.48. The molecule has 2 rings (SSSR count). The fraction of sp³-hybridized carbons (Fsp3) is 0.467. The zero-order valence-electron chi connectivity index (χ0n) is 12.8. The van der Waals surface area contributed by atoms with Crippen LogP contribution in [0.25, 0.3) is 0 Å². The largest absolute Gasteiger partial charge is 0.375 e. The van der Waals surface area contributed by atoms with Crippen molar-refractivity contribution in [1.82, 2.24) is 15.5 Å². The maximum absolute atomic E-state index is 12.2. The number of nitrogens with one attached hydrogen (secondary N) is 1. The van der Waals surface area contributed by atoms with Crippen molar-refractivity contribution in [1.29, 1.82) is 0 Å². The molecule has 0 saturated heterocycles. The van der Waals surface area contributed by atoms with Crippen LogP contribution in [-0.4, -0.2) is 32.3 Å². The van der Waals surface area contributed by atoms with E-state index in [1.807, 2.05) is 33.8 Å². The van der Waals surface area contributed by atoms with Gasteiger partial charge in [0.05, 0.1) is 11.1 Å². The molecule has 6 heteroatoms. The third-order valence-electron chi connectivity index (χ3n) is 3.42. The smallest absolute Gasteiger partial charge is 0.361 e. The van der Waals surface area contributed by atoms with E-state index in [0.717, 1.165) is 0 Å². The fourth-order valence-corrected chi connectivity index (χ4v) is 2.78. The number of rotatable bonds is 3. The second kappa shape index (κ2) is 5.46. The summed E-state index contributed by atoms with van der Waals surface area (Å²) in [6.45, 7) is 7.73. The quantitative estimate of drug-likeness (QED) is 0.832. The first-order valence-electron chi connectivity index (χ1n) is 6.82. The van der Waals surface area contributed by atoms with Gasteiger partial charge in [-0.15, -0.1) is 5.06 Å². The van der Waals surface area contributed by atoms with Gasteiger partial charge in [-0.1, -0.05) is 6.07 Å².